The first kappa shape index (κ1) is 16.1. The topological polar surface area (TPSA) is 47.1 Å². The second-order valence-corrected chi connectivity index (χ2v) is 5.81. The standard InChI is InChI=1S/C20H22N2O2/c1-5-6-15-8-10-18(19(12-15)23-4)24-14(3)20-21-16-9-7-13(2)11-17(16)22-20/h5-12,14H,1-4H3,(H,21,22)/b6-5+. The lowest BCUT2D eigenvalue weighted by Crippen LogP contribution is -2.06. The van der Waals surface area contributed by atoms with E-state index >= 15 is 0 Å². The van der Waals surface area contributed by atoms with Crippen LogP contribution in [-0.2, 0) is 0 Å². The Labute approximate surface area is 142 Å². The molecule has 1 unspecified atom stereocenters. The van der Waals surface area contributed by atoms with Crippen LogP contribution in [0.3, 0.4) is 0 Å². The number of nitrogens with one attached hydrogen (secondary N) is 1. The summed E-state index contributed by atoms with van der Waals surface area (Å²) >= 11 is 0. The number of fused-ring (bicyclic) bond motifs is 1. The van der Waals surface area contributed by atoms with Gasteiger partial charge in [0.2, 0.25) is 0 Å². The zero-order valence-corrected chi connectivity index (χ0v) is 14.5. The summed E-state index contributed by atoms with van der Waals surface area (Å²) < 4.78 is 11.5. The van der Waals surface area contributed by atoms with Gasteiger partial charge in [-0.3, -0.25) is 0 Å². The predicted octanol–water partition coefficient (Wildman–Crippen LogP) is 5.05. The maximum Gasteiger partial charge on any atom is 0.162 e. The molecule has 24 heavy (non-hydrogen) atoms. The number of H-pyrrole nitrogens is 1. The average molecular weight is 322 g/mol. The first-order valence-corrected chi connectivity index (χ1v) is 8.04. The van der Waals surface area contributed by atoms with Gasteiger partial charge in [-0.25, -0.2) is 4.98 Å². The molecule has 3 aromatic rings. The van der Waals surface area contributed by atoms with Crippen LogP contribution in [0.4, 0.5) is 0 Å². The molecule has 0 aliphatic carbocycles. The van der Waals surface area contributed by atoms with Crippen LogP contribution in [0.5, 0.6) is 11.5 Å². The van der Waals surface area contributed by atoms with E-state index in [1.807, 2.05) is 50.3 Å². The zero-order chi connectivity index (χ0) is 17.1. The van der Waals surface area contributed by atoms with Crippen LogP contribution in [0.15, 0.2) is 42.5 Å². The summed E-state index contributed by atoms with van der Waals surface area (Å²) in [4.78, 5) is 7.96. The molecule has 0 saturated heterocycles. The second-order valence-electron chi connectivity index (χ2n) is 5.81. The Morgan fingerprint density at radius 3 is 2.71 bits per heavy atom. The third kappa shape index (κ3) is 3.27. The van der Waals surface area contributed by atoms with Crippen LogP contribution >= 0.6 is 0 Å². The van der Waals surface area contributed by atoms with E-state index in [-0.39, 0.29) is 6.10 Å². The second kappa shape index (κ2) is 6.79. The monoisotopic (exact) mass is 322 g/mol. The Hall–Kier alpha value is -2.75. The highest BCUT2D eigenvalue weighted by atomic mass is 16.5. The van der Waals surface area contributed by atoms with Crippen LogP contribution in [-0.4, -0.2) is 17.1 Å². The van der Waals surface area contributed by atoms with Crippen molar-refractivity contribution in [2.75, 3.05) is 7.11 Å². The molecule has 1 heterocycles. The molecule has 3 rings (SSSR count). The van der Waals surface area contributed by atoms with Gasteiger partial charge in [-0.15, -0.1) is 0 Å². The van der Waals surface area contributed by atoms with Crippen molar-refractivity contribution < 1.29 is 9.47 Å². The number of aromatic amines is 1. The molecule has 0 bridgehead atoms. The van der Waals surface area contributed by atoms with Crippen molar-refractivity contribution in [3.63, 3.8) is 0 Å². The average Bonchev–Trinajstić information content (AvgIpc) is 2.99. The van der Waals surface area contributed by atoms with Crippen LogP contribution in [0, 0.1) is 6.92 Å². The third-order valence-corrected chi connectivity index (χ3v) is 3.89. The van der Waals surface area contributed by atoms with Gasteiger partial charge in [0.25, 0.3) is 0 Å². The fourth-order valence-electron chi connectivity index (χ4n) is 2.66. The third-order valence-electron chi connectivity index (χ3n) is 3.89. The summed E-state index contributed by atoms with van der Waals surface area (Å²) in [6.07, 6.45) is 3.81. The van der Waals surface area contributed by atoms with E-state index in [1.54, 1.807) is 7.11 Å². The van der Waals surface area contributed by atoms with E-state index in [4.69, 9.17) is 9.47 Å². The molecule has 4 heteroatoms. The Bertz CT molecular complexity index is 880. The molecule has 0 amide bonds. The minimum atomic E-state index is -0.209. The highest BCUT2D eigenvalue weighted by Crippen LogP contribution is 2.32. The quantitative estimate of drug-likeness (QED) is 0.715. The van der Waals surface area contributed by atoms with Gasteiger partial charge in [0.1, 0.15) is 5.82 Å². The van der Waals surface area contributed by atoms with E-state index in [2.05, 4.69) is 29.0 Å². The SMILES string of the molecule is C/C=C/c1ccc(OC(C)c2nc3ccc(C)cc3[nH]2)c(OC)c1. The number of hydrogen-bond acceptors (Lipinski definition) is 3. The molecule has 0 aliphatic heterocycles. The van der Waals surface area contributed by atoms with Crippen molar-refractivity contribution in [3.8, 4) is 11.5 Å². The molecule has 2 aromatic carbocycles. The lowest BCUT2D eigenvalue weighted by Gasteiger charge is -2.15. The van der Waals surface area contributed by atoms with E-state index in [0.717, 1.165) is 22.4 Å². The molecule has 1 atom stereocenters. The maximum atomic E-state index is 6.07. The molecule has 0 spiro atoms. The number of allylic oxidation sites excluding steroid dienone is 1. The molecular formula is C20H22N2O2. The van der Waals surface area contributed by atoms with Gasteiger partial charge in [0.05, 0.1) is 18.1 Å². The summed E-state index contributed by atoms with van der Waals surface area (Å²) in [7, 11) is 1.65. The van der Waals surface area contributed by atoms with Crippen LogP contribution in [0.1, 0.15) is 36.9 Å². The van der Waals surface area contributed by atoms with Gasteiger partial charge in [-0.05, 0) is 56.2 Å². The lowest BCUT2D eigenvalue weighted by molar-refractivity contribution is 0.208. The number of ether oxygens (including phenoxy) is 2. The molecule has 4 nitrogen and oxygen atoms in total. The number of aromatic nitrogens is 2. The number of nitrogens with zero attached hydrogens (tertiary/aromatic N) is 1. The van der Waals surface area contributed by atoms with Crippen molar-refractivity contribution >= 4 is 17.1 Å². The van der Waals surface area contributed by atoms with Crippen LogP contribution in [0.2, 0.25) is 0 Å². The van der Waals surface area contributed by atoms with Gasteiger partial charge in [0.15, 0.2) is 17.6 Å². The smallest absolute Gasteiger partial charge is 0.162 e. The number of imidazole rings is 1. The Morgan fingerprint density at radius 2 is 1.96 bits per heavy atom. The van der Waals surface area contributed by atoms with Crippen LogP contribution < -0.4 is 9.47 Å². The summed E-state index contributed by atoms with van der Waals surface area (Å²) in [5, 5.41) is 0. The molecule has 1 aromatic heterocycles. The van der Waals surface area contributed by atoms with Gasteiger partial charge < -0.3 is 14.5 Å². The first-order chi connectivity index (χ1) is 11.6. The highest BCUT2D eigenvalue weighted by molar-refractivity contribution is 5.75. The van der Waals surface area contributed by atoms with Gasteiger partial charge >= 0.3 is 0 Å². The molecule has 124 valence electrons. The molecule has 0 fully saturated rings. The summed E-state index contributed by atoms with van der Waals surface area (Å²) in [5.74, 6) is 2.22. The normalized spacial score (nSPS) is 12.7. The number of benzene rings is 2. The zero-order valence-electron chi connectivity index (χ0n) is 14.5. The lowest BCUT2D eigenvalue weighted by atomic mass is 10.2. The fourth-order valence-corrected chi connectivity index (χ4v) is 2.66. The molecule has 1 N–H and O–H groups in total. The predicted molar refractivity (Wildman–Crippen MR) is 97.6 cm³/mol. The van der Waals surface area contributed by atoms with Gasteiger partial charge in [0, 0.05) is 0 Å². The molecular weight excluding hydrogens is 300 g/mol. The number of hydrogen-bond donors (Lipinski definition) is 1. The van der Waals surface area contributed by atoms with Gasteiger partial charge in [-0.1, -0.05) is 24.3 Å². The summed E-state index contributed by atoms with van der Waals surface area (Å²) in [6, 6.07) is 12.1. The van der Waals surface area contributed by atoms with Crippen molar-refractivity contribution in [3.05, 3.63) is 59.4 Å². The van der Waals surface area contributed by atoms with Crippen molar-refractivity contribution in [2.45, 2.75) is 26.9 Å². The largest absolute Gasteiger partial charge is 0.493 e. The van der Waals surface area contributed by atoms with E-state index in [1.165, 1.54) is 5.56 Å². The summed E-state index contributed by atoms with van der Waals surface area (Å²) in [5.41, 5.74) is 4.25. The van der Waals surface area contributed by atoms with E-state index in [0.29, 0.717) is 11.5 Å². The highest BCUT2D eigenvalue weighted by Gasteiger charge is 2.15. The van der Waals surface area contributed by atoms with Crippen molar-refractivity contribution in [2.24, 2.45) is 0 Å². The summed E-state index contributed by atoms with van der Waals surface area (Å²) in [6.45, 7) is 6.03. The molecule has 0 saturated carbocycles. The maximum absolute atomic E-state index is 6.07. The van der Waals surface area contributed by atoms with Crippen LogP contribution in [0.25, 0.3) is 17.1 Å². The Kier molecular flexibility index (Phi) is 4.56. The number of aryl methyl sites for hydroxylation is 1. The van der Waals surface area contributed by atoms with E-state index in [9.17, 15) is 0 Å². The van der Waals surface area contributed by atoms with Crippen molar-refractivity contribution in [1.29, 1.82) is 0 Å². The number of rotatable bonds is 5. The minimum absolute atomic E-state index is 0.209. The molecule has 0 radical (unpaired) electrons. The first-order valence-electron chi connectivity index (χ1n) is 8.04. The number of methoxy groups -OCH3 is 1. The van der Waals surface area contributed by atoms with E-state index < -0.39 is 0 Å². The fraction of sp³-hybridized carbons (Fsp3) is 0.250. The Balaban J connectivity index is 1.86. The molecule has 0 aliphatic rings. The van der Waals surface area contributed by atoms with Crippen molar-refractivity contribution in [1.82, 2.24) is 9.97 Å². The Morgan fingerprint density at radius 1 is 1.12 bits per heavy atom. The van der Waals surface area contributed by atoms with Gasteiger partial charge in [-0.2, -0.15) is 0 Å². The minimum Gasteiger partial charge on any atom is -0.493 e.